The topological polar surface area (TPSA) is 52.6 Å². The molecule has 0 bridgehead atoms. The molecule has 2 aliphatic heterocycles. The van der Waals surface area contributed by atoms with Gasteiger partial charge in [0.25, 0.3) is 0 Å². The van der Waals surface area contributed by atoms with Crippen molar-refractivity contribution in [3.63, 3.8) is 0 Å². The Morgan fingerprint density at radius 1 is 1.24 bits per heavy atom. The lowest BCUT2D eigenvalue weighted by Gasteiger charge is -2.20. The molecule has 0 atom stereocenters. The second-order valence-electron chi connectivity index (χ2n) is 4.36. The number of rotatable bonds is 4. The third-order valence-corrected chi connectivity index (χ3v) is 2.99. The summed E-state index contributed by atoms with van der Waals surface area (Å²) in [6.07, 6.45) is 8.19. The summed E-state index contributed by atoms with van der Waals surface area (Å²) in [5.74, 6) is 1.83. The van der Waals surface area contributed by atoms with Crippen molar-refractivity contribution < 1.29 is 18.9 Å². The molecule has 0 unspecified atom stereocenters. The molecule has 0 amide bonds. The van der Waals surface area contributed by atoms with Crippen LogP contribution in [0.15, 0.2) is 24.2 Å². The van der Waals surface area contributed by atoms with Gasteiger partial charge in [-0.15, -0.1) is 5.98 Å². The molecule has 2 aliphatic rings. The Morgan fingerprint density at radius 2 is 1.88 bits per heavy atom. The molecule has 2 heterocycles. The van der Waals surface area contributed by atoms with Gasteiger partial charge in [0, 0.05) is 5.82 Å². The van der Waals surface area contributed by atoms with Gasteiger partial charge in [-0.3, -0.25) is 9.59 Å². The highest BCUT2D eigenvalue weighted by Gasteiger charge is 2.62. The van der Waals surface area contributed by atoms with Crippen LogP contribution < -0.4 is 0 Å². The Hall–Kier alpha value is -1.65. The first kappa shape index (κ1) is 11.8. The molecular weight excluding hydrogens is 219 g/mol. The van der Waals surface area contributed by atoms with Crippen molar-refractivity contribution in [2.45, 2.75) is 32.6 Å². The molecule has 0 aromatic heterocycles. The predicted molar refractivity (Wildman–Crippen MR) is 63.6 cm³/mol. The van der Waals surface area contributed by atoms with Crippen molar-refractivity contribution in [2.24, 2.45) is 0 Å². The van der Waals surface area contributed by atoms with Gasteiger partial charge in [0.15, 0.2) is 0 Å². The Morgan fingerprint density at radius 3 is 2.47 bits per heavy atom. The Bertz CT molecular complexity index is 366. The van der Waals surface area contributed by atoms with Crippen LogP contribution in [0.3, 0.4) is 0 Å². The van der Waals surface area contributed by atoms with Crippen molar-refractivity contribution in [1.29, 1.82) is 0 Å². The molecule has 0 saturated carbocycles. The van der Waals surface area contributed by atoms with Crippen LogP contribution in [0, 0.1) is 5.82 Å². The second kappa shape index (κ2) is 4.69. The van der Waals surface area contributed by atoms with Crippen LogP contribution in [0.2, 0.25) is 0 Å². The number of unbranched alkanes of at least 4 members (excludes halogenated alkanes) is 1. The average molecular weight is 234 g/mol. The van der Waals surface area contributed by atoms with E-state index < -0.39 is 6.55 Å². The summed E-state index contributed by atoms with van der Waals surface area (Å²) in [6.45, 7) is 0.168. The van der Waals surface area contributed by atoms with Gasteiger partial charge in [-0.1, -0.05) is 31.6 Å². The first-order valence-electron chi connectivity index (χ1n) is 5.94. The van der Waals surface area contributed by atoms with E-state index in [-0.39, 0.29) is 24.8 Å². The third-order valence-electron chi connectivity index (χ3n) is 2.99. The van der Waals surface area contributed by atoms with E-state index in [0.29, 0.717) is 0 Å². The number of hydrogen-bond acceptors (Lipinski definition) is 4. The first-order chi connectivity index (χ1) is 8.16. The Labute approximate surface area is 101 Å². The van der Waals surface area contributed by atoms with Crippen LogP contribution in [0.5, 0.6) is 0 Å². The van der Waals surface area contributed by atoms with Crippen molar-refractivity contribution in [3.8, 4) is 0 Å². The van der Waals surface area contributed by atoms with Crippen LogP contribution in [-0.2, 0) is 18.9 Å². The van der Waals surface area contributed by atoms with E-state index in [1.165, 1.54) is 0 Å². The van der Waals surface area contributed by atoms with E-state index in [9.17, 15) is 9.59 Å². The molecule has 5 heteroatoms. The summed E-state index contributed by atoms with van der Waals surface area (Å²) in [5, 5.41) is 0. The van der Waals surface area contributed by atoms with E-state index >= 15 is 0 Å². The molecule has 0 aromatic rings. The number of allylic oxidation sites excluding steroid dienone is 3. The molecule has 0 aromatic carbocycles. The molecule has 0 aliphatic carbocycles. The molecule has 2 rings (SSSR count). The standard InChI is InChI=1S/C12H15BO4/c1-2-3-4-5-6-7-13-10(8-11(14)16-13)9-12(15)17-13/h4-7H,2-3,8-9H2,1H3/b5-4-,7-6+. The zero-order valence-electron chi connectivity index (χ0n) is 9.85. The highest BCUT2D eigenvalue weighted by Crippen LogP contribution is 2.40. The SMILES string of the molecule is CCC/C=C\C=C\[B-]12OC(=O)C[C+]1CC(=O)O2. The quantitative estimate of drug-likeness (QED) is 0.423. The van der Waals surface area contributed by atoms with E-state index in [2.05, 4.69) is 6.92 Å². The molecule has 0 N–H and O–H groups in total. The minimum absolute atomic E-state index is 0.203. The van der Waals surface area contributed by atoms with E-state index in [1.54, 1.807) is 12.1 Å². The summed E-state index contributed by atoms with van der Waals surface area (Å²) in [7, 11) is 0. The molecule has 2 fully saturated rings. The molecule has 0 spiro atoms. The zero-order valence-corrected chi connectivity index (χ0v) is 9.85. The molecule has 0 radical (unpaired) electrons. The lowest BCUT2D eigenvalue weighted by atomic mass is 9.49. The van der Waals surface area contributed by atoms with Crippen molar-refractivity contribution in [2.75, 3.05) is 0 Å². The van der Waals surface area contributed by atoms with Crippen LogP contribution >= 0.6 is 0 Å². The van der Waals surface area contributed by atoms with E-state index in [0.717, 1.165) is 18.7 Å². The van der Waals surface area contributed by atoms with Gasteiger partial charge in [-0.05, 0) is 6.42 Å². The minimum atomic E-state index is -1.93. The summed E-state index contributed by atoms with van der Waals surface area (Å²) >= 11 is 0. The fourth-order valence-electron chi connectivity index (χ4n) is 2.15. The van der Waals surface area contributed by atoms with Gasteiger partial charge in [0.05, 0.1) is 0 Å². The fourth-order valence-corrected chi connectivity index (χ4v) is 2.15. The number of fused-ring (bicyclic) bond motifs is 1. The summed E-state index contributed by atoms with van der Waals surface area (Å²) in [6, 6.07) is 0. The van der Waals surface area contributed by atoms with Crippen LogP contribution in [0.1, 0.15) is 32.6 Å². The van der Waals surface area contributed by atoms with Gasteiger partial charge in [0.2, 0.25) is 0 Å². The smallest absolute Gasteiger partial charge is 0.581 e. The Kier molecular flexibility index (Phi) is 3.27. The lowest BCUT2D eigenvalue weighted by Crippen LogP contribution is -2.37. The van der Waals surface area contributed by atoms with Gasteiger partial charge < -0.3 is 9.31 Å². The molecule has 17 heavy (non-hydrogen) atoms. The van der Waals surface area contributed by atoms with Crippen molar-refractivity contribution in [3.05, 3.63) is 30.0 Å². The van der Waals surface area contributed by atoms with Gasteiger partial charge in [-0.2, -0.15) is 0 Å². The molecule has 90 valence electrons. The number of carbonyl (C=O) groups excluding carboxylic acids is 2. The largest absolute Gasteiger partial charge is 0.610 e. The maximum Gasteiger partial charge on any atom is 0.581 e. The average Bonchev–Trinajstić information content (AvgIpc) is 2.69. The van der Waals surface area contributed by atoms with Gasteiger partial charge in [-0.25, -0.2) is 0 Å². The van der Waals surface area contributed by atoms with Crippen LogP contribution in [0.4, 0.5) is 0 Å². The second-order valence-corrected chi connectivity index (χ2v) is 4.36. The first-order valence-corrected chi connectivity index (χ1v) is 5.94. The monoisotopic (exact) mass is 234 g/mol. The molecule has 2 saturated heterocycles. The minimum Gasteiger partial charge on any atom is -0.610 e. The number of hydrogen-bond donors (Lipinski definition) is 0. The lowest BCUT2D eigenvalue weighted by molar-refractivity contribution is -0.138. The van der Waals surface area contributed by atoms with Crippen LogP contribution in [0.25, 0.3) is 0 Å². The maximum absolute atomic E-state index is 11.2. The summed E-state index contributed by atoms with van der Waals surface area (Å²) in [4.78, 5) is 22.5. The van der Waals surface area contributed by atoms with Crippen molar-refractivity contribution >= 4 is 18.5 Å². The Balaban J connectivity index is 2.06. The van der Waals surface area contributed by atoms with E-state index in [1.807, 2.05) is 12.2 Å². The summed E-state index contributed by atoms with van der Waals surface area (Å²) < 4.78 is 10.3. The highest BCUT2D eigenvalue weighted by molar-refractivity contribution is 6.84. The fraction of sp³-hybridized carbons (Fsp3) is 0.417. The highest BCUT2D eigenvalue weighted by atomic mass is 16.7. The molecule has 4 nitrogen and oxygen atoms in total. The maximum atomic E-state index is 11.2. The zero-order chi connectivity index (χ0) is 12.3. The normalized spacial score (nSPS) is 22.3. The van der Waals surface area contributed by atoms with E-state index in [4.69, 9.17) is 9.31 Å². The van der Waals surface area contributed by atoms with Gasteiger partial charge >= 0.3 is 18.5 Å². The molecular formula is C12H15BO4. The van der Waals surface area contributed by atoms with Crippen LogP contribution in [-0.4, -0.2) is 18.5 Å². The predicted octanol–water partition coefficient (Wildman–Crippen LogP) is 1.89. The summed E-state index contributed by atoms with van der Waals surface area (Å²) in [5.41, 5.74) is 0. The van der Waals surface area contributed by atoms with Crippen molar-refractivity contribution in [1.82, 2.24) is 0 Å². The van der Waals surface area contributed by atoms with Gasteiger partial charge in [0.1, 0.15) is 12.8 Å². The number of carbonyl (C=O) groups is 2. The third kappa shape index (κ3) is 2.38.